The quantitative estimate of drug-likeness (QED) is 0.328. The molecule has 148 valence electrons. The highest BCUT2D eigenvalue weighted by Crippen LogP contribution is 2.44. The molecule has 0 unspecified atom stereocenters. The second-order valence-corrected chi connectivity index (χ2v) is 7.45. The van der Waals surface area contributed by atoms with E-state index in [0.29, 0.717) is 0 Å². The third kappa shape index (κ3) is 4.28. The molecule has 1 aliphatic rings. The first-order chi connectivity index (χ1) is 14.3. The lowest BCUT2D eigenvalue weighted by Crippen LogP contribution is -2.25. The van der Waals surface area contributed by atoms with Crippen LogP contribution < -0.4 is 4.74 Å². The summed E-state index contributed by atoms with van der Waals surface area (Å²) in [6, 6.07) is 25.8. The van der Waals surface area contributed by atoms with Gasteiger partial charge < -0.3 is 9.64 Å². The topological polar surface area (TPSA) is 12.5 Å². The Morgan fingerprint density at radius 1 is 0.724 bits per heavy atom. The van der Waals surface area contributed by atoms with Crippen LogP contribution in [-0.4, -0.2) is 31.1 Å². The molecule has 1 aliphatic carbocycles. The van der Waals surface area contributed by atoms with Gasteiger partial charge in [0.15, 0.2) is 0 Å². The van der Waals surface area contributed by atoms with Gasteiger partial charge in [-0.2, -0.15) is 0 Å². The third-order valence-corrected chi connectivity index (χ3v) is 5.70. The van der Waals surface area contributed by atoms with Crippen molar-refractivity contribution in [2.24, 2.45) is 0 Å². The summed E-state index contributed by atoms with van der Waals surface area (Å²) < 4.78 is 5.94. The van der Waals surface area contributed by atoms with Gasteiger partial charge in [0.05, 0.1) is 6.61 Å². The summed E-state index contributed by atoms with van der Waals surface area (Å²) in [4.78, 5) is 2.43. The molecule has 0 amide bonds. The lowest BCUT2D eigenvalue weighted by molar-refractivity contribution is 0.249. The molecule has 0 aromatic heterocycles. The van der Waals surface area contributed by atoms with E-state index in [1.165, 1.54) is 33.4 Å². The number of fused-ring (bicyclic) bond motifs is 3. The minimum absolute atomic E-state index is 0.762. The second kappa shape index (κ2) is 9.11. The fraction of sp³-hybridized carbons (Fsp3) is 0.259. The summed E-state index contributed by atoms with van der Waals surface area (Å²) in [5.41, 5.74) is 7.76. The standard InChI is InChI=1S/C27H29NO/c1-3-28(4-2)18-9-19-29-22-16-14-21(15-17-22)20-27-25-12-7-5-10-23(25)24-11-6-8-13-26(24)27/h5-8,10-17,20H,3-4,9,18-19H2,1-2H3. The molecular formula is C27H29NO. The Morgan fingerprint density at radius 2 is 1.28 bits per heavy atom. The van der Waals surface area contributed by atoms with E-state index in [9.17, 15) is 0 Å². The number of nitrogens with zero attached hydrogens (tertiary/aromatic N) is 1. The Kier molecular flexibility index (Phi) is 6.12. The van der Waals surface area contributed by atoms with E-state index in [4.69, 9.17) is 4.74 Å². The van der Waals surface area contributed by atoms with Gasteiger partial charge in [-0.1, -0.05) is 74.5 Å². The first-order valence-electron chi connectivity index (χ1n) is 10.7. The van der Waals surface area contributed by atoms with Crippen molar-refractivity contribution in [1.82, 2.24) is 4.90 Å². The molecule has 29 heavy (non-hydrogen) atoms. The highest BCUT2D eigenvalue weighted by Gasteiger charge is 2.22. The molecule has 0 aliphatic heterocycles. The average Bonchev–Trinajstić information content (AvgIpc) is 3.09. The molecule has 0 radical (unpaired) electrons. The van der Waals surface area contributed by atoms with Crippen LogP contribution in [0.4, 0.5) is 0 Å². The fourth-order valence-corrected chi connectivity index (χ4v) is 4.05. The van der Waals surface area contributed by atoms with E-state index in [2.05, 4.69) is 97.6 Å². The molecule has 0 fully saturated rings. The summed E-state index contributed by atoms with van der Waals surface area (Å²) in [6.07, 6.45) is 3.34. The van der Waals surface area contributed by atoms with Crippen LogP contribution in [0.1, 0.15) is 37.0 Å². The molecule has 4 rings (SSSR count). The largest absolute Gasteiger partial charge is 0.494 e. The van der Waals surface area contributed by atoms with E-state index in [-0.39, 0.29) is 0 Å². The predicted octanol–water partition coefficient (Wildman–Crippen LogP) is 6.37. The smallest absolute Gasteiger partial charge is 0.119 e. The molecule has 0 N–H and O–H groups in total. The van der Waals surface area contributed by atoms with Crippen LogP contribution in [-0.2, 0) is 0 Å². The average molecular weight is 384 g/mol. The molecule has 0 saturated carbocycles. The second-order valence-electron chi connectivity index (χ2n) is 7.45. The molecule has 3 aromatic carbocycles. The van der Waals surface area contributed by atoms with E-state index in [1.54, 1.807) is 0 Å². The molecule has 3 aromatic rings. The van der Waals surface area contributed by atoms with Crippen LogP contribution in [0.15, 0.2) is 72.8 Å². The van der Waals surface area contributed by atoms with Crippen LogP contribution in [0, 0.1) is 0 Å². The number of hydrogen-bond acceptors (Lipinski definition) is 2. The summed E-state index contributed by atoms with van der Waals surface area (Å²) >= 11 is 0. The number of ether oxygens (including phenoxy) is 1. The zero-order chi connectivity index (χ0) is 20.1. The Labute approximate surface area is 174 Å². The summed E-state index contributed by atoms with van der Waals surface area (Å²) in [7, 11) is 0. The van der Waals surface area contributed by atoms with Gasteiger partial charge in [0.1, 0.15) is 5.75 Å². The van der Waals surface area contributed by atoms with Crippen LogP contribution in [0.25, 0.3) is 22.8 Å². The Bertz CT molecular complexity index is 936. The zero-order valence-corrected chi connectivity index (χ0v) is 17.4. The molecular weight excluding hydrogens is 354 g/mol. The Hall–Kier alpha value is -2.84. The summed E-state index contributed by atoms with van der Waals surface area (Å²) in [6.45, 7) is 8.48. The van der Waals surface area contributed by atoms with E-state index < -0.39 is 0 Å². The first kappa shape index (κ1) is 19.5. The van der Waals surface area contributed by atoms with Gasteiger partial charge in [-0.3, -0.25) is 0 Å². The van der Waals surface area contributed by atoms with Crippen molar-refractivity contribution < 1.29 is 4.74 Å². The van der Waals surface area contributed by atoms with Crippen molar-refractivity contribution in [1.29, 1.82) is 0 Å². The van der Waals surface area contributed by atoms with Crippen LogP contribution in [0.3, 0.4) is 0 Å². The van der Waals surface area contributed by atoms with Crippen molar-refractivity contribution in [3.63, 3.8) is 0 Å². The lowest BCUT2D eigenvalue weighted by Gasteiger charge is -2.17. The lowest BCUT2D eigenvalue weighted by atomic mass is 10.0. The highest BCUT2D eigenvalue weighted by molar-refractivity contribution is 6.06. The van der Waals surface area contributed by atoms with Gasteiger partial charge in [-0.05, 0) is 71.1 Å². The van der Waals surface area contributed by atoms with Crippen LogP contribution in [0.2, 0.25) is 0 Å². The zero-order valence-electron chi connectivity index (χ0n) is 17.4. The maximum atomic E-state index is 5.94. The Balaban J connectivity index is 1.47. The third-order valence-electron chi connectivity index (χ3n) is 5.70. The van der Waals surface area contributed by atoms with Gasteiger partial charge >= 0.3 is 0 Å². The van der Waals surface area contributed by atoms with Gasteiger partial charge in [0, 0.05) is 6.54 Å². The molecule has 2 heteroatoms. The minimum Gasteiger partial charge on any atom is -0.494 e. The first-order valence-corrected chi connectivity index (χ1v) is 10.7. The molecule has 0 atom stereocenters. The van der Waals surface area contributed by atoms with Crippen molar-refractivity contribution in [3.05, 3.63) is 89.5 Å². The maximum absolute atomic E-state index is 5.94. The highest BCUT2D eigenvalue weighted by atomic mass is 16.5. The monoisotopic (exact) mass is 383 g/mol. The van der Waals surface area contributed by atoms with E-state index in [0.717, 1.165) is 38.4 Å². The van der Waals surface area contributed by atoms with Crippen LogP contribution >= 0.6 is 0 Å². The molecule has 0 bridgehead atoms. The maximum Gasteiger partial charge on any atom is 0.119 e. The van der Waals surface area contributed by atoms with E-state index in [1.807, 2.05) is 0 Å². The molecule has 2 nitrogen and oxygen atoms in total. The van der Waals surface area contributed by atoms with Crippen molar-refractivity contribution >= 4 is 11.6 Å². The molecule has 0 saturated heterocycles. The van der Waals surface area contributed by atoms with Gasteiger partial charge in [-0.15, -0.1) is 0 Å². The van der Waals surface area contributed by atoms with E-state index >= 15 is 0 Å². The fourth-order valence-electron chi connectivity index (χ4n) is 4.05. The summed E-state index contributed by atoms with van der Waals surface area (Å²) in [5, 5.41) is 0. The van der Waals surface area contributed by atoms with Crippen molar-refractivity contribution in [2.45, 2.75) is 20.3 Å². The molecule has 0 spiro atoms. The minimum atomic E-state index is 0.762. The van der Waals surface area contributed by atoms with Gasteiger partial charge in [0.25, 0.3) is 0 Å². The normalized spacial score (nSPS) is 12.0. The number of hydrogen-bond donors (Lipinski definition) is 0. The number of rotatable bonds is 8. The van der Waals surface area contributed by atoms with Gasteiger partial charge in [-0.25, -0.2) is 0 Å². The Morgan fingerprint density at radius 3 is 1.83 bits per heavy atom. The van der Waals surface area contributed by atoms with Gasteiger partial charge in [0.2, 0.25) is 0 Å². The van der Waals surface area contributed by atoms with Crippen molar-refractivity contribution in [3.8, 4) is 16.9 Å². The van der Waals surface area contributed by atoms with Crippen molar-refractivity contribution in [2.75, 3.05) is 26.2 Å². The summed E-state index contributed by atoms with van der Waals surface area (Å²) in [5.74, 6) is 0.943. The molecule has 0 heterocycles. The number of benzene rings is 3. The van der Waals surface area contributed by atoms with Crippen LogP contribution in [0.5, 0.6) is 5.75 Å². The SMILES string of the molecule is CCN(CC)CCCOc1ccc(C=C2c3ccccc3-c3ccccc32)cc1. The predicted molar refractivity (Wildman–Crippen MR) is 123 cm³/mol.